The van der Waals surface area contributed by atoms with Crippen LogP contribution < -0.4 is 19.7 Å². The number of imidazole rings is 2. The number of benzene rings is 2. The van der Waals surface area contributed by atoms with Crippen molar-refractivity contribution in [2.75, 3.05) is 57.8 Å². The second-order valence-electron chi connectivity index (χ2n) is 9.82. The van der Waals surface area contributed by atoms with E-state index >= 15 is 0 Å². The first-order chi connectivity index (χ1) is 20.6. The van der Waals surface area contributed by atoms with Gasteiger partial charge in [0.15, 0.2) is 11.6 Å². The Morgan fingerprint density at radius 1 is 0.690 bits per heavy atom. The third kappa shape index (κ3) is 6.11. The van der Waals surface area contributed by atoms with Crippen molar-refractivity contribution in [3.05, 3.63) is 73.1 Å². The lowest BCUT2D eigenvalue weighted by molar-refractivity contribution is 0.0762. The number of aromatic amines is 2. The predicted molar refractivity (Wildman–Crippen MR) is 164 cm³/mol. The maximum atomic E-state index is 5.77. The number of hydrogen-bond acceptors (Lipinski definition) is 9. The molecule has 11 heteroatoms. The summed E-state index contributed by atoms with van der Waals surface area (Å²) < 4.78 is 17.2. The summed E-state index contributed by atoms with van der Waals surface area (Å²) in [5.41, 5.74) is 7.35. The standard InChI is InChI=1S/C31H32N8O3/c1-32-20-4-8-24-28(16-20)37-30(35-24)26-10-6-22(18-33-26)41-14-12-40-13-15-42-23-7-11-27(34-19-23)31-36-25-9-5-21(39(2)3)17-29(25)38-31/h4-11,16-19,32H,12-15H2,1-3H3,(H,35,37)(H,36,38). The maximum Gasteiger partial charge on any atom is 0.157 e. The van der Waals surface area contributed by atoms with Crippen molar-refractivity contribution in [1.29, 1.82) is 0 Å². The fourth-order valence-corrected chi connectivity index (χ4v) is 4.43. The maximum absolute atomic E-state index is 5.77. The minimum atomic E-state index is 0.405. The minimum Gasteiger partial charge on any atom is -0.490 e. The number of fused-ring (bicyclic) bond motifs is 2. The molecule has 4 heterocycles. The first-order valence-electron chi connectivity index (χ1n) is 13.7. The third-order valence-electron chi connectivity index (χ3n) is 6.70. The highest BCUT2D eigenvalue weighted by atomic mass is 16.5. The van der Waals surface area contributed by atoms with Crippen LogP contribution in [0.4, 0.5) is 11.4 Å². The number of hydrogen-bond donors (Lipinski definition) is 3. The second-order valence-corrected chi connectivity index (χ2v) is 9.82. The van der Waals surface area contributed by atoms with E-state index in [9.17, 15) is 0 Å². The van der Waals surface area contributed by atoms with Crippen molar-refractivity contribution in [2.24, 2.45) is 0 Å². The molecule has 0 fully saturated rings. The lowest BCUT2D eigenvalue weighted by Gasteiger charge is -2.11. The number of nitrogens with one attached hydrogen (secondary N) is 3. The zero-order valence-corrected chi connectivity index (χ0v) is 23.7. The van der Waals surface area contributed by atoms with Crippen LogP contribution in [0.5, 0.6) is 11.5 Å². The van der Waals surface area contributed by atoms with Crippen molar-refractivity contribution < 1.29 is 14.2 Å². The molecule has 0 atom stereocenters. The number of H-pyrrole nitrogens is 2. The molecule has 6 rings (SSSR count). The van der Waals surface area contributed by atoms with Crippen LogP contribution in [0.15, 0.2) is 73.1 Å². The number of rotatable bonds is 12. The highest BCUT2D eigenvalue weighted by Crippen LogP contribution is 2.25. The van der Waals surface area contributed by atoms with Gasteiger partial charge in [-0.1, -0.05) is 0 Å². The van der Waals surface area contributed by atoms with Crippen LogP contribution in [0.3, 0.4) is 0 Å². The Bertz CT molecular complexity index is 1780. The molecule has 4 aromatic heterocycles. The molecule has 0 spiro atoms. The summed E-state index contributed by atoms with van der Waals surface area (Å²) >= 11 is 0. The van der Waals surface area contributed by atoms with E-state index < -0.39 is 0 Å². The smallest absolute Gasteiger partial charge is 0.157 e. The van der Waals surface area contributed by atoms with Crippen LogP contribution in [0.25, 0.3) is 45.1 Å². The summed E-state index contributed by atoms with van der Waals surface area (Å²) in [6.07, 6.45) is 3.38. The van der Waals surface area contributed by atoms with E-state index in [1.54, 1.807) is 12.4 Å². The molecule has 2 aromatic carbocycles. The summed E-state index contributed by atoms with van der Waals surface area (Å²) in [5.74, 6) is 2.77. The molecule has 0 bridgehead atoms. The van der Waals surface area contributed by atoms with Gasteiger partial charge < -0.3 is 34.4 Å². The van der Waals surface area contributed by atoms with Crippen molar-refractivity contribution in [1.82, 2.24) is 29.9 Å². The van der Waals surface area contributed by atoms with Crippen LogP contribution >= 0.6 is 0 Å². The number of nitrogens with zero attached hydrogens (tertiary/aromatic N) is 5. The van der Waals surface area contributed by atoms with Gasteiger partial charge in [-0.25, -0.2) is 19.9 Å². The van der Waals surface area contributed by atoms with Crippen LogP contribution in [0.1, 0.15) is 0 Å². The van der Waals surface area contributed by atoms with E-state index in [1.807, 2.05) is 75.7 Å². The molecular formula is C31H32N8O3. The first kappa shape index (κ1) is 27.0. The van der Waals surface area contributed by atoms with E-state index in [2.05, 4.69) is 46.2 Å². The average Bonchev–Trinajstić information content (AvgIpc) is 3.65. The number of ether oxygens (including phenoxy) is 3. The number of anilines is 2. The minimum absolute atomic E-state index is 0.405. The molecule has 6 aromatic rings. The fraction of sp³-hybridized carbons (Fsp3) is 0.226. The molecule has 42 heavy (non-hydrogen) atoms. The molecule has 0 saturated carbocycles. The predicted octanol–water partition coefficient (Wildman–Crippen LogP) is 5.15. The highest BCUT2D eigenvalue weighted by Gasteiger charge is 2.09. The molecule has 0 saturated heterocycles. The lowest BCUT2D eigenvalue weighted by Crippen LogP contribution is -2.12. The first-order valence-corrected chi connectivity index (χ1v) is 13.7. The summed E-state index contributed by atoms with van der Waals surface area (Å²) in [6, 6.07) is 19.6. The zero-order chi connectivity index (χ0) is 28.9. The van der Waals surface area contributed by atoms with Gasteiger partial charge in [0.05, 0.1) is 47.7 Å². The van der Waals surface area contributed by atoms with E-state index in [4.69, 9.17) is 14.2 Å². The van der Waals surface area contributed by atoms with Gasteiger partial charge in [-0.05, 0) is 60.7 Å². The monoisotopic (exact) mass is 564 g/mol. The van der Waals surface area contributed by atoms with E-state index in [1.165, 1.54) is 0 Å². The SMILES string of the molecule is CNc1ccc2nc(-c3ccc(OCCOCCOc4ccc(-c5nc6ccc(N(C)C)cc6[nH]5)nc4)cn3)[nH]c2c1. The summed E-state index contributed by atoms with van der Waals surface area (Å²) in [7, 11) is 5.92. The van der Waals surface area contributed by atoms with Gasteiger partial charge in [0.25, 0.3) is 0 Å². The Morgan fingerprint density at radius 2 is 1.26 bits per heavy atom. The van der Waals surface area contributed by atoms with Crippen LogP contribution in [-0.4, -0.2) is 77.5 Å². The molecule has 0 radical (unpaired) electrons. The number of pyridine rings is 2. The topological polar surface area (TPSA) is 126 Å². The third-order valence-corrected chi connectivity index (χ3v) is 6.70. The molecule has 0 amide bonds. The Balaban J connectivity index is 0.915. The molecule has 11 nitrogen and oxygen atoms in total. The van der Waals surface area contributed by atoms with Gasteiger partial charge in [-0.3, -0.25) is 0 Å². The van der Waals surface area contributed by atoms with Gasteiger partial charge >= 0.3 is 0 Å². The van der Waals surface area contributed by atoms with Crippen LogP contribution in [-0.2, 0) is 4.74 Å². The Morgan fingerprint density at radius 3 is 1.79 bits per heavy atom. The summed E-state index contributed by atoms with van der Waals surface area (Å²) in [6.45, 7) is 1.67. The van der Waals surface area contributed by atoms with Gasteiger partial charge in [0, 0.05) is 32.5 Å². The number of aromatic nitrogens is 6. The molecule has 0 aliphatic heterocycles. The second kappa shape index (κ2) is 12.1. The van der Waals surface area contributed by atoms with Crippen molar-refractivity contribution in [3.8, 4) is 34.5 Å². The van der Waals surface area contributed by atoms with Crippen molar-refractivity contribution in [3.63, 3.8) is 0 Å². The van der Waals surface area contributed by atoms with Gasteiger partial charge in [0.1, 0.15) is 36.1 Å². The summed E-state index contributed by atoms with van der Waals surface area (Å²) in [4.78, 5) is 27.0. The quantitative estimate of drug-likeness (QED) is 0.173. The average molecular weight is 565 g/mol. The van der Waals surface area contributed by atoms with Gasteiger partial charge in [-0.2, -0.15) is 0 Å². The molecule has 0 aliphatic carbocycles. The molecular weight excluding hydrogens is 532 g/mol. The van der Waals surface area contributed by atoms with Crippen LogP contribution in [0.2, 0.25) is 0 Å². The Hall–Kier alpha value is -5.16. The van der Waals surface area contributed by atoms with Crippen molar-refractivity contribution >= 4 is 33.4 Å². The largest absolute Gasteiger partial charge is 0.490 e. The zero-order valence-electron chi connectivity index (χ0n) is 23.7. The lowest BCUT2D eigenvalue weighted by atomic mass is 10.2. The van der Waals surface area contributed by atoms with Gasteiger partial charge in [-0.15, -0.1) is 0 Å². The molecule has 0 unspecified atom stereocenters. The van der Waals surface area contributed by atoms with Crippen LogP contribution in [0, 0.1) is 0 Å². The molecule has 3 N–H and O–H groups in total. The Kier molecular flexibility index (Phi) is 7.82. The molecule has 0 aliphatic rings. The van der Waals surface area contributed by atoms with Crippen molar-refractivity contribution in [2.45, 2.75) is 0 Å². The summed E-state index contributed by atoms with van der Waals surface area (Å²) in [5, 5.41) is 3.13. The normalized spacial score (nSPS) is 11.2. The van der Waals surface area contributed by atoms with E-state index in [0.29, 0.717) is 43.8 Å². The highest BCUT2D eigenvalue weighted by molar-refractivity contribution is 5.83. The molecule has 214 valence electrons. The van der Waals surface area contributed by atoms with E-state index in [0.717, 1.165) is 50.7 Å². The van der Waals surface area contributed by atoms with Gasteiger partial charge in [0.2, 0.25) is 0 Å². The Labute approximate surface area is 242 Å². The fourth-order valence-electron chi connectivity index (χ4n) is 4.43. The van der Waals surface area contributed by atoms with E-state index in [-0.39, 0.29) is 0 Å².